The summed E-state index contributed by atoms with van der Waals surface area (Å²) in [5, 5.41) is 9.75. The molecule has 6 heteroatoms. The minimum absolute atomic E-state index is 0.161. The van der Waals surface area contributed by atoms with Gasteiger partial charge in [0, 0.05) is 17.8 Å². The van der Waals surface area contributed by atoms with Crippen molar-refractivity contribution in [1.82, 2.24) is 4.72 Å². The molecule has 2 rings (SSSR count). The predicted octanol–water partition coefficient (Wildman–Crippen LogP) is 2.49. The third kappa shape index (κ3) is 4.64. The molecule has 0 spiro atoms. The van der Waals surface area contributed by atoms with E-state index >= 15 is 0 Å². The van der Waals surface area contributed by atoms with Crippen LogP contribution >= 0.6 is 0 Å². The molecule has 0 atom stereocenters. The fourth-order valence-corrected chi connectivity index (χ4v) is 3.09. The average Bonchev–Trinajstić information content (AvgIpc) is 2.52. The molecule has 0 aliphatic carbocycles. The number of aliphatic imine (C=N–C) groups is 1. The van der Waals surface area contributed by atoms with Crippen LogP contribution in [0.5, 0.6) is 5.75 Å². The van der Waals surface area contributed by atoms with Crippen molar-refractivity contribution in [2.24, 2.45) is 4.99 Å². The number of aryl methyl sites for hydroxylation is 1. The first-order valence-electron chi connectivity index (χ1n) is 7.26. The van der Waals surface area contributed by atoms with Gasteiger partial charge in [-0.2, -0.15) is 0 Å². The standard InChI is InChI=1S/C17H20N2O3S/c1-13-7-9-15(10-8-13)23(21,22)19-12-11-18-14(2)16-5-3-4-6-17(16)20/h3-10,19-20H,11-12H2,1-2H3. The van der Waals surface area contributed by atoms with E-state index in [4.69, 9.17) is 0 Å². The van der Waals surface area contributed by atoms with Gasteiger partial charge in [0.05, 0.1) is 11.4 Å². The normalized spacial score (nSPS) is 12.3. The molecule has 0 amide bonds. The predicted molar refractivity (Wildman–Crippen MR) is 91.6 cm³/mol. The zero-order chi connectivity index (χ0) is 16.9. The Bertz CT molecular complexity index is 797. The molecule has 122 valence electrons. The number of nitrogens with one attached hydrogen (secondary N) is 1. The van der Waals surface area contributed by atoms with Crippen LogP contribution in [0.25, 0.3) is 0 Å². The van der Waals surface area contributed by atoms with Gasteiger partial charge in [-0.1, -0.05) is 29.8 Å². The molecule has 0 heterocycles. The topological polar surface area (TPSA) is 78.8 Å². The maximum atomic E-state index is 12.1. The van der Waals surface area contributed by atoms with E-state index in [0.29, 0.717) is 17.8 Å². The first-order chi connectivity index (χ1) is 10.9. The Balaban J connectivity index is 1.95. The summed E-state index contributed by atoms with van der Waals surface area (Å²) >= 11 is 0. The van der Waals surface area contributed by atoms with Crippen LogP contribution in [0.4, 0.5) is 0 Å². The molecular weight excluding hydrogens is 312 g/mol. The Morgan fingerprint density at radius 2 is 1.78 bits per heavy atom. The number of benzene rings is 2. The monoisotopic (exact) mass is 332 g/mol. The Morgan fingerprint density at radius 3 is 2.43 bits per heavy atom. The Hall–Kier alpha value is -2.18. The van der Waals surface area contributed by atoms with E-state index in [1.807, 2.05) is 13.0 Å². The summed E-state index contributed by atoms with van der Waals surface area (Å²) in [5.74, 6) is 0.161. The molecular formula is C17H20N2O3S. The lowest BCUT2D eigenvalue weighted by molar-refractivity contribution is 0.474. The summed E-state index contributed by atoms with van der Waals surface area (Å²) in [6.45, 7) is 4.18. The Morgan fingerprint density at radius 1 is 1.13 bits per heavy atom. The van der Waals surface area contributed by atoms with E-state index in [2.05, 4.69) is 9.71 Å². The van der Waals surface area contributed by atoms with Crippen molar-refractivity contribution in [1.29, 1.82) is 0 Å². The van der Waals surface area contributed by atoms with Crippen LogP contribution in [-0.2, 0) is 10.0 Å². The van der Waals surface area contributed by atoms with Gasteiger partial charge in [-0.05, 0) is 38.1 Å². The second kappa shape index (κ2) is 7.39. The molecule has 2 N–H and O–H groups in total. The smallest absolute Gasteiger partial charge is 0.240 e. The van der Waals surface area contributed by atoms with Gasteiger partial charge in [-0.15, -0.1) is 0 Å². The number of para-hydroxylation sites is 1. The van der Waals surface area contributed by atoms with E-state index in [1.54, 1.807) is 49.4 Å². The lowest BCUT2D eigenvalue weighted by Gasteiger charge is -2.07. The van der Waals surface area contributed by atoms with Crippen LogP contribution in [0.15, 0.2) is 58.4 Å². The summed E-state index contributed by atoms with van der Waals surface area (Å²) in [4.78, 5) is 4.54. The highest BCUT2D eigenvalue weighted by atomic mass is 32.2. The molecule has 2 aromatic rings. The van der Waals surface area contributed by atoms with Crippen molar-refractivity contribution in [2.45, 2.75) is 18.7 Å². The molecule has 2 aromatic carbocycles. The van der Waals surface area contributed by atoms with Crippen molar-refractivity contribution in [3.63, 3.8) is 0 Å². The van der Waals surface area contributed by atoms with E-state index in [0.717, 1.165) is 5.56 Å². The third-order valence-corrected chi connectivity index (χ3v) is 4.85. The molecule has 5 nitrogen and oxygen atoms in total. The van der Waals surface area contributed by atoms with Crippen molar-refractivity contribution in [3.8, 4) is 5.75 Å². The van der Waals surface area contributed by atoms with Crippen LogP contribution in [0.2, 0.25) is 0 Å². The number of phenolic OH excluding ortho intramolecular Hbond substituents is 1. The highest BCUT2D eigenvalue weighted by Crippen LogP contribution is 2.16. The highest BCUT2D eigenvalue weighted by molar-refractivity contribution is 7.89. The van der Waals surface area contributed by atoms with Gasteiger partial charge in [-0.3, -0.25) is 4.99 Å². The Labute approximate surface area is 136 Å². The zero-order valence-electron chi connectivity index (χ0n) is 13.2. The summed E-state index contributed by atoms with van der Waals surface area (Å²) in [6, 6.07) is 13.6. The molecule has 0 saturated heterocycles. The van der Waals surface area contributed by atoms with Gasteiger partial charge in [0.15, 0.2) is 0 Å². The van der Waals surface area contributed by atoms with Gasteiger partial charge in [0.25, 0.3) is 0 Å². The molecule has 0 saturated carbocycles. The second-order valence-electron chi connectivity index (χ2n) is 5.20. The minimum atomic E-state index is -3.52. The number of phenols is 1. The molecule has 0 unspecified atom stereocenters. The SMILES string of the molecule is CC(=NCCNS(=O)(=O)c1ccc(C)cc1)c1ccccc1O. The maximum Gasteiger partial charge on any atom is 0.240 e. The van der Waals surface area contributed by atoms with Crippen molar-refractivity contribution >= 4 is 15.7 Å². The van der Waals surface area contributed by atoms with Crippen LogP contribution in [0, 0.1) is 6.92 Å². The summed E-state index contributed by atoms with van der Waals surface area (Å²) in [5.41, 5.74) is 2.32. The highest BCUT2D eigenvalue weighted by Gasteiger charge is 2.12. The third-order valence-electron chi connectivity index (χ3n) is 3.38. The molecule has 23 heavy (non-hydrogen) atoms. The van der Waals surface area contributed by atoms with Gasteiger partial charge < -0.3 is 5.11 Å². The van der Waals surface area contributed by atoms with Crippen LogP contribution in [0.3, 0.4) is 0 Å². The number of aromatic hydroxyl groups is 1. The lowest BCUT2D eigenvalue weighted by Crippen LogP contribution is -2.26. The average molecular weight is 332 g/mol. The lowest BCUT2D eigenvalue weighted by atomic mass is 10.1. The van der Waals surface area contributed by atoms with Crippen molar-refractivity contribution in [3.05, 3.63) is 59.7 Å². The van der Waals surface area contributed by atoms with E-state index < -0.39 is 10.0 Å². The number of hydrogen-bond acceptors (Lipinski definition) is 4. The number of hydrogen-bond donors (Lipinski definition) is 2. The quantitative estimate of drug-likeness (QED) is 0.630. The number of nitrogens with zero attached hydrogens (tertiary/aromatic N) is 1. The van der Waals surface area contributed by atoms with Gasteiger partial charge in [-0.25, -0.2) is 13.1 Å². The van der Waals surface area contributed by atoms with Gasteiger partial charge >= 0.3 is 0 Å². The number of rotatable bonds is 6. The van der Waals surface area contributed by atoms with Crippen molar-refractivity contribution in [2.75, 3.05) is 13.1 Å². The molecule has 0 fully saturated rings. The molecule has 0 aliphatic heterocycles. The molecule has 0 aromatic heterocycles. The van der Waals surface area contributed by atoms with E-state index in [-0.39, 0.29) is 17.2 Å². The zero-order valence-corrected chi connectivity index (χ0v) is 14.0. The summed E-state index contributed by atoms with van der Waals surface area (Å²) < 4.78 is 26.7. The fraction of sp³-hybridized carbons (Fsp3) is 0.235. The molecule has 0 bridgehead atoms. The first-order valence-corrected chi connectivity index (χ1v) is 8.74. The summed E-state index contributed by atoms with van der Waals surface area (Å²) in [6.07, 6.45) is 0. The van der Waals surface area contributed by atoms with E-state index in [9.17, 15) is 13.5 Å². The second-order valence-corrected chi connectivity index (χ2v) is 6.96. The van der Waals surface area contributed by atoms with Gasteiger partial charge in [0.1, 0.15) is 5.75 Å². The first kappa shape index (κ1) is 17.2. The van der Waals surface area contributed by atoms with Crippen LogP contribution in [-0.4, -0.2) is 32.3 Å². The maximum absolute atomic E-state index is 12.1. The minimum Gasteiger partial charge on any atom is -0.507 e. The van der Waals surface area contributed by atoms with E-state index in [1.165, 1.54) is 0 Å². The van der Waals surface area contributed by atoms with Crippen LogP contribution in [0.1, 0.15) is 18.1 Å². The van der Waals surface area contributed by atoms with Gasteiger partial charge in [0.2, 0.25) is 10.0 Å². The van der Waals surface area contributed by atoms with Crippen LogP contribution < -0.4 is 4.72 Å². The summed E-state index contributed by atoms with van der Waals surface area (Å²) in [7, 11) is -3.52. The fourth-order valence-electron chi connectivity index (χ4n) is 2.07. The Kier molecular flexibility index (Phi) is 5.52. The number of sulfonamides is 1. The van der Waals surface area contributed by atoms with Crippen molar-refractivity contribution < 1.29 is 13.5 Å². The molecule has 0 aliphatic rings. The largest absolute Gasteiger partial charge is 0.507 e. The molecule has 0 radical (unpaired) electrons.